The van der Waals surface area contributed by atoms with Crippen molar-refractivity contribution in [3.63, 3.8) is 0 Å². The van der Waals surface area contributed by atoms with E-state index >= 15 is 0 Å². The predicted molar refractivity (Wildman–Crippen MR) is 64.0 cm³/mol. The molecule has 0 amide bonds. The minimum absolute atomic E-state index is 0.109. The first kappa shape index (κ1) is 11.1. The summed E-state index contributed by atoms with van der Waals surface area (Å²) in [5.41, 5.74) is 1.71. The van der Waals surface area contributed by atoms with Crippen LogP contribution in [0.2, 0.25) is 0 Å². The molecular weight excluding hydrogens is 230 g/mol. The van der Waals surface area contributed by atoms with Crippen molar-refractivity contribution in [2.45, 2.75) is 19.4 Å². The normalized spacial score (nSPS) is 14.7. The molecule has 0 radical (unpaired) electrons. The second-order valence-corrected chi connectivity index (χ2v) is 4.57. The van der Waals surface area contributed by atoms with E-state index in [-0.39, 0.29) is 6.61 Å². The molecule has 1 fully saturated rings. The van der Waals surface area contributed by atoms with E-state index in [1.54, 1.807) is 22.9 Å². The van der Waals surface area contributed by atoms with Gasteiger partial charge in [0.1, 0.15) is 11.7 Å². The van der Waals surface area contributed by atoms with Crippen LogP contribution in [0.15, 0.2) is 18.5 Å². The first-order valence-corrected chi connectivity index (χ1v) is 5.95. The number of pyridine rings is 1. The Hall–Kier alpha value is -2.06. The summed E-state index contributed by atoms with van der Waals surface area (Å²) in [5.74, 6) is 1.22. The van der Waals surface area contributed by atoms with Gasteiger partial charge in [-0.25, -0.2) is 4.98 Å². The lowest BCUT2D eigenvalue weighted by Crippen LogP contribution is -2.02. The smallest absolute Gasteiger partial charge is 0.153 e. The molecule has 92 valence electrons. The van der Waals surface area contributed by atoms with Crippen molar-refractivity contribution in [1.82, 2.24) is 9.38 Å². The molecule has 3 rings (SSSR count). The number of nitriles is 1. The van der Waals surface area contributed by atoms with Crippen LogP contribution in [0.4, 0.5) is 0 Å². The number of nitrogens with zero attached hydrogens (tertiary/aromatic N) is 3. The van der Waals surface area contributed by atoms with E-state index < -0.39 is 0 Å². The van der Waals surface area contributed by atoms with E-state index in [0.717, 1.165) is 0 Å². The average Bonchev–Trinajstić information content (AvgIpc) is 3.13. The summed E-state index contributed by atoms with van der Waals surface area (Å²) in [6.07, 6.45) is 5.91. The van der Waals surface area contributed by atoms with Crippen molar-refractivity contribution >= 4 is 5.65 Å². The van der Waals surface area contributed by atoms with Crippen LogP contribution in [0.3, 0.4) is 0 Å². The van der Waals surface area contributed by atoms with E-state index in [0.29, 0.717) is 35.2 Å². The fourth-order valence-electron chi connectivity index (χ4n) is 1.84. The Bertz CT molecular complexity index is 623. The third kappa shape index (κ3) is 2.03. The molecule has 18 heavy (non-hydrogen) atoms. The van der Waals surface area contributed by atoms with Crippen molar-refractivity contribution in [2.24, 2.45) is 5.92 Å². The van der Waals surface area contributed by atoms with Crippen LogP contribution >= 0.6 is 0 Å². The highest BCUT2D eigenvalue weighted by Gasteiger charge is 2.22. The van der Waals surface area contributed by atoms with Gasteiger partial charge in [-0.15, -0.1) is 0 Å². The maximum atomic E-state index is 9.11. The molecule has 1 saturated carbocycles. The van der Waals surface area contributed by atoms with Crippen molar-refractivity contribution in [3.05, 3.63) is 29.7 Å². The number of ether oxygens (including phenoxy) is 1. The van der Waals surface area contributed by atoms with Gasteiger partial charge in [-0.3, -0.25) is 0 Å². The highest BCUT2D eigenvalue weighted by Crippen LogP contribution is 2.30. The molecule has 5 heteroatoms. The molecule has 1 aliphatic carbocycles. The first-order valence-electron chi connectivity index (χ1n) is 5.95. The number of imidazole rings is 1. The predicted octanol–water partition coefficient (Wildman–Crippen LogP) is 1.49. The Balaban J connectivity index is 1.97. The van der Waals surface area contributed by atoms with Crippen LogP contribution in [0.1, 0.15) is 24.1 Å². The Morgan fingerprint density at radius 3 is 3.00 bits per heavy atom. The van der Waals surface area contributed by atoms with Gasteiger partial charge < -0.3 is 14.2 Å². The average molecular weight is 243 g/mol. The summed E-state index contributed by atoms with van der Waals surface area (Å²) in [6.45, 7) is 0.559. The van der Waals surface area contributed by atoms with Crippen LogP contribution in [0, 0.1) is 17.2 Å². The van der Waals surface area contributed by atoms with Crippen molar-refractivity contribution in [2.75, 3.05) is 6.61 Å². The fraction of sp³-hybridized carbons (Fsp3) is 0.385. The third-order valence-electron chi connectivity index (χ3n) is 3.06. The zero-order chi connectivity index (χ0) is 12.5. The SMILES string of the molecule is N#Cc1cc2nc(CO)cn2cc1OCC1CC1. The summed E-state index contributed by atoms with van der Waals surface area (Å²) < 4.78 is 7.44. The standard InChI is InChI=1S/C13H13N3O2/c14-4-10-3-13-15-11(7-17)5-16(13)6-12(10)18-8-9-1-2-9/h3,5-6,9,17H,1-2,7-8H2. The largest absolute Gasteiger partial charge is 0.490 e. The zero-order valence-corrected chi connectivity index (χ0v) is 9.83. The van der Waals surface area contributed by atoms with Gasteiger partial charge >= 0.3 is 0 Å². The topological polar surface area (TPSA) is 70.5 Å². The quantitative estimate of drug-likeness (QED) is 0.883. The molecule has 2 aromatic rings. The van der Waals surface area contributed by atoms with Crippen LogP contribution in [-0.4, -0.2) is 21.1 Å². The molecule has 1 aliphatic rings. The van der Waals surface area contributed by atoms with Gasteiger partial charge in [0.2, 0.25) is 0 Å². The molecule has 0 aromatic carbocycles. The molecular formula is C13H13N3O2. The molecule has 0 aliphatic heterocycles. The lowest BCUT2D eigenvalue weighted by Gasteiger charge is -2.07. The molecule has 2 aromatic heterocycles. The number of aliphatic hydroxyl groups is 1. The Morgan fingerprint density at radius 2 is 2.33 bits per heavy atom. The maximum Gasteiger partial charge on any atom is 0.153 e. The summed E-state index contributed by atoms with van der Waals surface area (Å²) in [6, 6.07) is 3.80. The van der Waals surface area contributed by atoms with E-state index in [1.165, 1.54) is 12.8 Å². The van der Waals surface area contributed by atoms with E-state index in [1.807, 2.05) is 0 Å². The highest BCUT2D eigenvalue weighted by atomic mass is 16.5. The summed E-state index contributed by atoms with van der Waals surface area (Å²) >= 11 is 0. The summed E-state index contributed by atoms with van der Waals surface area (Å²) in [7, 11) is 0. The van der Waals surface area contributed by atoms with Gasteiger partial charge in [0.15, 0.2) is 5.75 Å². The monoisotopic (exact) mass is 243 g/mol. The molecule has 2 heterocycles. The molecule has 0 saturated heterocycles. The highest BCUT2D eigenvalue weighted by molar-refractivity contribution is 5.53. The Kier molecular flexibility index (Phi) is 2.65. The molecule has 0 spiro atoms. The van der Waals surface area contributed by atoms with Gasteiger partial charge in [-0.1, -0.05) is 0 Å². The lowest BCUT2D eigenvalue weighted by molar-refractivity contribution is 0.277. The maximum absolute atomic E-state index is 9.11. The zero-order valence-electron chi connectivity index (χ0n) is 9.83. The first-order chi connectivity index (χ1) is 8.80. The van der Waals surface area contributed by atoms with Gasteiger partial charge in [0.05, 0.1) is 30.7 Å². The number of hydrogen-bond donors (Lipinski definition) is 1. The summed E-state index contributed by atoms with van der Waals surface area (Å²) in [4.78, 5) is 4.19. The van der Waals surface area contributed by atoms with E-state index in [4.69, 9.17) is 15.1 Å². The summed E-state index contributed by atoms with van der Waals surface area (Å²) in [5, 5.41) is 18.2. The second kappa shape index (κ2) is 4.31. The van der Waals surface area contributed by atoms with Gasteiger partial charge in [0.25, 0.3) is 0 Å². The Morgan fingerprint density at radius 1 is 1.50 bits per heavy atom. The van der Waals surface area contributed by atoms with E-state index in [2.05, 4.69) is 11.1 Å². The minimum Gasteiger partial charge on any atom is -0.490 e. The number of fused-ring (bicyclic) bond motifs is 1. The molecule has 0 bridgehead atoms. The van der Waals surface area contributed by atoms with Crippen LogP contribution < -0.4 is 4.74 Å². The van der Waals surface area contributed by atoms with Gasteiger partial charge in [0, 0.05) is 12.3 Å². The second-order valence-electron chi connectivity index (χ2n) is 4.57. The molecule has 1 N–H and O–H groups in total. The Labute approximate surface area is 104 Å². The van der Waals surface area contributed by atoms with Crippen LogP contribution in [0.25, 0.3) is 5.65 Å². The fourth-order valence-corrected chi connectivity index (χ4v) is 1.84. The van der Waals surface area contributed by atoms with Crippen LogP contribution in [0.5, 0.6) is 5.75 Å². The molecule has 5 nitrogen and oxygen atoms in total. The van der Waals surface area contributed by atoms with Crippen molar-refractivity contribution < 1.29 is 9.84 Å². The number of aliphatic hydroxyl groups excluding tert-OH is 1. The number of rotatable bonds is 4. The molecule has 0 atom stereocenters. The third-order valence-corrected chi connectivity index (χ3v) is 3.06. The number of hydrogen-bond acceptors (Lipinski definition) is 4. The van der Waals surface area contributed by atoms with Gasteiger partial charge in [-0.05, 0) is 18.8 Å². The van der Waals surface area contributed by atoms with E-state index in [9.17, 15) is 0 Å². The van der Waals surface area contributed by atoms with Crippen molar-refractivity contribution in [1.29, 1.82) is 5.26 Å². The minimum atomic E-state index is -0.109. The van der Waals surface area contributed by atoms with Crippen LogP contribution in [-0.2, 0) is 6.61 Å². The number of aromatic nitrogens is 2. The van der Waals surface area contributed by atoms with Gasteiger partial charge in [-0.2, -0.15) is 5.26 Å². The molecule has 0 unspecified atom stereocenters. The lowest BCUT2D eigenvalue weighted by atomic mass is 10.2. The van der Waals surface area contributed by atoms with Crippen molar-refractivity contribution in [3.8, 4) is 11.8 Å².